The summed E-state index contributed by atoms with van der Waals surface area (Å²) >= 11 is 1.44. The fourth-order valence-corrected chi connectivity index (χ4v) is 3.61. The number of carbonyl (C=O) groups excluding carboxylic acids is 1. The van der Waals surface area contributed by atoms with Crippen molar-refractivity contribution in [1.82, 2.24) is 5.32 Å². The van der Waals surface area contributed by atoms with Gasteiger partial charge in [-0.1, -0.05) is 42.5 Å². The van der Waals surface area contributed by atoms with E-state index in [1.165, 1.54) is 11.3 Å². The molecule has 0 bridgehead atoms. The molecule has 1 aliphatic heterocycles. The van der Waals surface area contributed by atoms with Gasteiger partial charge in [0.2, 0.25) is 0 Å². The molecule has 2 aromatic carbocycles. The van der Waals surface area contributed by atoms with Gasteiger partial charge in [0.1, 0.15) is 12.7 Å². The zero-order valence-corrected chi connectivity index (χ0v) is 14.3. The normalized spacial score (nSPS) is 15.6. The van der Waals surface area contributed by atoms with Crippen molar-refractivity contribution in [2.45, 2.75) is 6.10 Å². The van der Waals surface area contributed by atoms with Crippen LogP contribution in [0.15, 0.2) is 66.0 Å². The van der Waals surface area contributed by atoms with Gasteiger partial charge >= 0.3 is 0 Å². The summed E-state index contributed by atoms with van der Waals surface area (Å²) in [5.74, 6) is 1.38. The minimum atomic E-state index is -0.195. The molecule has 0 aliphatic carbocycles. The monoisotopic (exact) mass is 351 g/mol. The van der Waals surface area contributed by atoms with Crippen molar-refractivity contribution in [3.63, 3.8) is 0 Å². The zero-order chi connectivity index (χ0) is 17.1. The predicted octanol–water partition coefficient (Wildman–Crippen LogP) is 3.98. The smallest absolute Gasteiger partial charge is 0.262 e. The minimum absolute atomic E-state index is 0.0867. The molecule has 1 aromatic heterocycles. The molecule has 1 amide bonds. The maximum absolute atomic E-state index is 12.6. The highest BCUT2D eigenvalue weighted by Gasteiger charge is 2.22. The first kappa shape index (κ1) is 15.7. The molecule has 0 radical (unpaired) electrons. The molecule has 5 heteroatoms. The first-order valence-corrected chi connectivity index (χ1v) is 8.99. The molecule has 0 saturated carbocycles. The van der Waals surface area contributed by atoms with E-state index in [2.05, 4.69) is 5.32 Å². The Morgan fingerprint density at radius 1 is 1.04 bits per heavy atom. The number of thiophene rings is 1. The molecule has 4 rings (SSSR count). The predicted molar refractivity (Wildman–Crippen MR) is 98.4 cm³/mol. The third kappa shape index (κ3) is 3.37. The number of ether oxygens (including phenoxy) is 2. The Labute approximate surface area is 150 Å². The number of hydrogen-bond donors (Lipinski definition) is 1. The van der Waals surface area contributed by atoms with Crippen LogP contribution < -0.4 is 14.8 Å². The van der Waals surface area contributed by atoms with Gasteiger partial charge in [0.15, 0.2) is 11.5 Å². The van der Waals surface area contributed by atoms with Crippen LogP contribution in [0.1, 0.15) is 9.67 Å². The van der Waals surface area contributed by atoms with Crippen molar-refractivity contribution >= 4 is 17.2 Å². The Morgan fingerprint density at radius 3 is 2.64 bits per heavy atom. The fraction of sp³-hybridized carbons (Fsp3) is 0.150. The molecule has 0 saturated heterocycles. The molecule has 126 valence electrons. The van der Waals surface area contributed by atoms with Crippen molar-refractivity contribution in [3.05, 3.63) is 70.9 Å². The molecule has 1 N–H and O–H groups in total. The standard InChI is InChI=1S/C20H17NO3S/c22-20(19-16(10-11-25-19)14-6-2-1-3-7-14)21-12-15-13-23-17-8-4-5-9-18(17)24-15/h1-11,15H,12-13H2,(H,21,22)/t15-/m0/s1. The number of fused-ring (bicyclic) bond motifs is 1. The molecule has 4 nitrogen and oxygen atoms in total. The number of para-hydroxylation sites is 2. The molecule has 3 aromatic rings. The third-order valence-corrected chi connectivity index (χ3v) is 4.93. The Morgan fingerprint density at radius 2 is 1.80 bits per heavy atom. The van der Waals surface area contributed by atoms with E-state index in [9.17, 15) is 4.79 Å². The SMILES string of the molecule is O=C(NC[C@H]1COc2ccccc2O1)c1sccc1-c1ccccc1. The van der Waals surface area contributed by atoms with Gasteiger partial charge in [0, 0.05) is 5.56 Å². The van der Waals surface area contributed by atoms with Crippen LogP contribution in [0.2, 0.25) is 0 Å². The van der Waals surface area contributed by atoms with Gasteiger partial charge in [0.25, 0.3) is 5.91 Å². The molecule has 25 heavy (non-hydrogen) atoms. The van der Waals surface area contributed by atoms with Gasteiger partial charge in [-0.15, -0.1) is 11.3 Å². The molecule has 1 aliphatic rings. The summed E-state index contributed by atoms with van der Waals surface area (Å²) in [7, 11) is 0. The molecule has 0 unspecified atom stereocenters. The largest absolute Gasteiger partial charge is 0.486 e. The Kier molecular flexibility index (Phi) is 4.39. The van der Waals surface area contributed by atoms with Gasteiger partial charge in [0.05, 0.1) is 11.4 Å². The van der Waals surface area contributed by atoms with Crippen LogP contribution in [0, 0.1) is 0 Å². The van der Waals surface area contributed by atoms with E-state index >= 15 is 0 Å². The van der Waals surface area contributed by atoms with Crippen molar-refractivity contribution in [1.29, 1.82) is 0 Å². The average Bonchev–Trinajstić information content (AvgIpc) is 3.16. The first-order chi connectivity index (χ1) is 12.3. The maximum Gasteiger partial charge on any atom is 0.262 e. The van der Waals surface area contributed by atoms with Crippen molar-refractivity contribution < 1.29 is 14.3 Å². The lowest BCUT2D eigenvalue weighted by Gasteiger charge is -2.26. The summed E-state index contributed by atoms with van der Waals surface area (Å²) in [6.07, 6.45) is -0.195. The number of hydrogen-bond acceptors (Lipinski definition) is 4. The van der Waals surface area contributed by atoms with Crippen molar-refractivity contribution in [2.75, 3.05) is 13.2 Å². The van der Waals surface area contributed by atoms with Crippen molar-refractivity contribution in [2.24, 2.45) is 0 Å². The number of rotatable bonds is 4. The van der Waals surface area contributed by atoms with E-state index in [1.54, 1.807) is 0 Å². The van der Waals surface area contributed by atoms with Crippen LogP contribution in [-0.2, 0) is 0 Å². The first-order valence-electron chi connectivity index (χ1n) is 8.11. The lowest BCUT2D eigenvalue weighted by Crippen LogP contribution is -2.40. The Balaban J connectivity index is 1.42. The van der Waals surface area contributed by atoms with Gasteiger partial charge in [-0.3, -0.25) is 4.79 Å². The highest BCUT2D eigenvalue weighted by Crippen LogP contribution is 2.31. The third-order valence-electron chi connectivity index (χ3n) is 4.01. The summed E-state index contributed by atoms with van der Waals surface area (Å²) in [5.41, 5.74) is 1.99. The quantitative estimate of drug-likeness (QED) is 0.773. The summed E-state index contributed by atoms with van der Waals surface area (Å²) < 4.78 is 11.6. The van der Waals surface area contributed by atoms with Crippen LogP contribution in [0.5, 0.6) is 11.5 Å². The molecule has 1 atom stereocenters. The summed E-state index contributed by atoms with van der Waals surface area (Å²) in [6, 6.07) is 19.5. The van der Waals surface area contributed by atoms with E-state index in [-0.39, 0.29) is 12.0 Å². The maximum atomic E-state index is 12.6. The van der Waals surface area contributed by atoms with E-state index < -0.39 is 0 Å². The van der Waals surface area contributed by atoms with E-state index in [0.717, 1.165) is 16.9 Å². The lowest BCUT2D eigenvalue weighted by atomic mass is 10.1. The summed E-state index contributed by atoms with van der Waals surface area (Å²) in [6.45, 7) is 0.826. The number of nitrogens with one attached hydrogen (secondary N) is 1. The highest BCUT2D eigenvalue weighted by molar-refractivity contribution is 7.12. The van der Waals surface area contributed by atoms with Gasteiger partial charge in [-0.05, 0) is 29.1 Å². The van der Waals surface area contributed by atoms with Gasteiger partial charge in [-0.25, -0.2) is 0 Å². The van der Waals surface area contributed by atoms with Crippen molar-refractivity contribution in [3.8, 4) is 22.6 Å². The van der Waals surface area contributed by atoms with E-state index in [4.69, 9.17) is 9.47 Å². The topological polar surface area (TPSA) is 47.6 Å². The van der Waals surface area contributed by atoms with Gasteiger partial charge < -0.3 is 14.8 Å². The van der Waals surface area contributed by atoms with Crippen LogP contribution in [0.25, 0.3) is 11.1 Å². The Bertz CT molecular complexity index is 875. The minimum Gasteiger partial charge on any atom is -0.486 e. The van der Waals surface area contributed by atoms with E-state index in [1.807, 2.05) is 66.0 Å². The second-order valence-corrected chi connectivity index (χ2v) is 6.65. The average molecular weight is 351 g/mol. The fourth-order valence-electron chi connectivity index (χ4n) is 2.78. The zero-order valence-electron chi connectivity index (χ0n) is 13.5. The highest BCUT2D eigenvalue weighted by atomic mass is 32.1. The number of carbonyl (C=O) groups is 1. The summed E-state index contributed by atoms with van der Waals surface area (Å²) in [5, 5.41) is 4.90. The van der Waals surface area contributed by atoms with E-state index in [0.29, 0.717) is 23.8 Å². The van der Waals surface area contributed by atoms with Crippen LogP contribution in [0.3, 0.4) is 0 Å². The molecule has 0 fully saturated rings. The number of benzene rings is 2. The van der Waals surface area contributed by atoms with Crippen LogP contribution in [0.4, 0.5) is 0 Å². The second-order valence-electron chi connectivity index (χ2n) is 5.74. The van der Waals surface area contributed by atoms with Gasteiger partial charge in [-0.2, -0.15) is 0 Å². The Hall–Kier alpha value is -2.79. The molecular formula is C20H17NO3S. The second kappa shape index (κ2) is 6.99. The molecular weight excluding hydrogens is 334 g/mol. The van der Waals surface area contributed by atoms with Crippen LogP contribution in [-0.4, -0.2) is 25.2 Å². The number of amides is 1. The summed E-state index contributed by atoms with van der Waals surface area (Å²) in [4.78, 5) is 13.3. The molecule has 2 heterocycles. The lowest BCUT2D eigenvalue weighted by molar-refractivity contribution is 0.0792. The van der Waals surface area contributed by atoms with Crippen LogP contribution >= 0.6 is 11.3 Å². The molecule has 0 spiro atoms.